The number of hydrogen-bond acceptors (Lipinski definition) is 5. The van der Waals surface area contributed by atoms with Gasteiger partial charge in [-0.3, -0.25) is 4.79 Å². The number of amides is 1. The maximum atomic E-state index is 12.4. The molecule has 0 radical (unpaired) electrons. The number of hydrogen-bond donors (Lipinski definition) is 1. The van der Waals surface area contributed by atoms with Crippen molar-refractivity contribution in [3.8, 4) is 0 Å². The molecular weight excluding hydrogens is 322 g/mol. The van der Waals surface area contributed by atoms with Crippen LogP contribution in [-0.2, 0) is 14.3 Å². The van der Waals surface area contributed by atoms with Crippen LogP contribution in [0.25, 0.3) is 0 Å². The molecule has 1 aromatic carbocycles. The first-order chi connectivity index (χ1) is 12.0. The van der Waals surface area contributed by atoms with Crippen LogP contribution in [0.4, 0.5) is 5.69 Å². The molecule has 0 unspecified atom stereocenters. The topological polar surface area (TPSA) is 81.7 Å². The maximum Gasteiger partial charge on any atom is 0.337 e. The van der Waals surface area contributed by atoms with Gasteiger partial charge < -0.3 is 14.8 Å². The van der Waals surface area contributed by atoms with Crippen LogP contribution in [0.3, 0.4) is 0 Å². The first-order valence-electron chi connectivity index (χ1n) is 8.36. The van der Waals surface area contributed by atoms with Crippen LogP contribution in [0.2, 0.25) is 0 Å². The highest BCUT2D eigenvalue weighted by molar-refractivity contribution is 6.03. The summed E-state index contributed by atoms with van der Waals surface area (Å²) in [5.41, 5.74) is 1.94. The molecule has 0 atom stereocenters. The molecule has 132 valence electrons. The van der Waals surface area contributed by atoms with E-state index in [0.29, 0.717) is 17.5 Å². The van der Waals surface area contributed by atoms with Crippen molar-refractivity contribution in [1.82, 2.24) is 0 Å². The molecule has 0 bridgehead atoms. The molecule has 0 spiro atoms. The number of methoxy groups -OCH3 is 2. The third-order valence-electron chi connectivity index (χ3n) is 4.44. The van der Waals surface area contributed by atoms with Crippen LogP contribution >= 0.6 is 0 Å². The van der Waals surface area contributed by atoms with Gasteiger partial charge in [0.15, 0.2) is 0 Å². The lowest BCUT2D eigenvalue weighted by atomic mass is 10.1. The SMILES string of the molecule is COC(=O)c1cc(NC(=O)C=C(C2CC2)C2CC2)cc(C(=O)OC)c1. The van der Waals surface area contributed by atoms with Crippen LogP contribution in [0, 0.1) is 11.8 Å². The minimum atomic E-state index is -0.589. The van der Waals surface area contributed by atoms with E-state index in [1.165, 1.54) is 38.0 Å². The van der Waals surface area contributed by atoms with Crippen molar-refractivity contribution in [2.45, 2.75) is 25.7 Å². The average Bonchev–Trinajstić information content (AvgIpc) is 3.49. The summed E-state index contributed by atoms with van der Waals surface area (Å²) in [6.07, 6.45) is 6.29. The largest absolute Gasteiger partial charge is 0.465 e. The third-order valence-corrected chi connectivity index (χ3v) is 4.44. The zero-order valence-corrected chi connectivity index (χ0v) is 14.3. The summed E-state index contributed by atoms with van der Waals surface area (Å²) in [7, 11) is 2.51. The monoisotopic (exact) mass is 343 g/mol. The predicted octanol–water partition coefficient (Wildman–Crippen LogP) is 2.94. The van der Waals surface area contributed by atoms with Gasteiger partial charge >= 0.3 is 11.9 Å². The number of ether oxygens (including phenoxy) is 2. The fourth-order valence-corrected chi connectivity index (χ4v) is 2.90. The summed E-state index contributed by atoms with van der Waals surface area (Å²) < 4.78 is 9.39. The van der Waals surface area contributed by atoms with E-state index in [-0.39, 0.29) is 17.0 Å². The van der Waals surface area contributed by atoms with Crippen molar-refractivity contribution >= 4 is 23.5 Å². The molecule has 25 heavy (non-hydrogen) atoms. The third kappa shape index (κ3) is 4.26. The zero-order valence-electron chi connectivity index (χ0n) is 14.3. The lowest BCUT2D eigenvalue weighted by Gasteiger charge is -2.09. The Kier molecular flexibility index (Phi) is 4.88. The number of carbonyl (C=O) groups excluding carboxylic acids is 3. The molecule has 3 rings (SSSR count). The number of esters is 2. The van der Waals surface area contributed by atoms with Crippen LogP contribution in [-0.4, -0.2) is 32.1 Å². The quantitative estimate of drug-likeness (QED) is 0.634. The van der Waals surface area contributed by atoms with Gasteiger partial charge in [0, 0.05) is 11.8 Å². The number of nitrogens with one attached hydrogen (secondary N) is 1. The van der Waals surface area contributed by atoms with Gasteiger partial charge in [0.1, 0.15) is 0 Å². The smallest absolute Gasteiger partial charge is 0.337 e. The van der Waals surface area contributed by atoms with E-state index < -0.39 is 11.9 Å². The van der Waals surface area contributed by atoms with Gasteiger partial charge in [0.25, 0.3) is 0 Å². The Morgan fingerprint density at radius 1 is 0.920 bits per heavy atom. The molecule has 0 aliphatic heterocycles. The molecular formula is C19H21NO5. The lowest BCUT2D eigenvalue weighted by molar-refractivity contribution is -0.112. The van der Waals surface area contributed by atoms with Crippen LogP contribution in [0.5, 0.6) is 0 Å². The molecule has 0 saturated heterocycles. The van der Waals surface area contributed by atoms with Gasteiger partial charge in [0.2, 0.25) is 5.91 Å². The van der Waals surface area contributed by atoms with E-state index >= 15 is 0 Å². The summed E-state index contributed by atoms with van der Waals surface area (Å²) in [5, 5.41) is 2.75. The molecule has 2 fully saturated rings. The molecule has 1 N–H and O–H groups in total. The second-order valence-corrected chi connectivity index (χ2v) is 6.46. The van der Waals surface area contributed by atoms with Gasteiger partial charge in [0.05, 0.1) is 25.3 Å². The zero-order chi connectivity index (χ0) is 18.0. The van der Waals surface area contributed by atoms with Gasteiger partial charge in [-0.05, 0) is 55.7 Å². The highest BCUT2D eigenvalue weighted by Crippen LogP contribution is 2.48. The van der Waals surface area contributed by atoms with Crippen molar-refractivity contribution < 1.29 is 23.9 Å². The number of rotatable bonds is 6. The van der Waals surface area contributed by atoms with Crippen molar-refractivity contribution in [3.05, 3.63) is 41.0 Å². The van der Waals surface area contributed by atoms with Gasteiger partial charge in [-0.25, -0.2) is 9.59 Å². The van der Waals surface area contributed by atoms with Crippen molar-refractivity contribution in [2.75, 3.05) is 19.5 Å². The minimum absolute atomic E-state index is 0.175. The van der Waals surface area contributed by atoms with Crippen LogP contribution in [0.15, 0.2) is 29.8 Å². The van der Waals surface area contributed by atoms with E-state index in [2.05, 4.69) is 5.32 Å². The summed E-state index contributed by atoms with van der Waals surface area (Å²) in [5.74, 6) is -0.330. The average molecular weight is 343 g/mol. The predicted molar refractivity (Wildman–Crippen MR) is 91.3 cm³/mol. The summed E-state index contributed by atoms with van der Waals surface area (Å²) in [6, 6.07) is 4.35. The van der Waals surface area contributed by atoms with Crippen molar-refractivity contribution in [2.24, 2.45) is 11.8 Å². The Hall–Kier alpha value is -2.63. The lowest BCUT2D eigenvalue weighted by Crippen LogP contribution is -2.13. The Morgan fingerprint density at radius 2 is 1.40 bits per heavy atom. The Bertz CT molecular complexity index is 696. The molecule has 0 heterocycles. The maximum absolute atomic E-state index is 12.4. The number of carbonyl (C=O) groups is 3. The Labute approximate surface area is 146 Å². The molecule has 6 heteroatoms. The van der Waals surface area contributed by atoms with E-state index in [4.69, 9.17) is 9.47 Å². The van der Waals surface area contributed by atoms with Gasteiger partial charge in [-0.1, -0.05) is 5.57 Å². The standard InChI is InChI=1S/C19H21NO5/c1-24-18(22)13-7-14(19(23)25-2)9-15(8-13)20-17(21)10-16(11-3-4-11)12-5-6-12/h7-12H,3-6H2,1-2H3,(H,20,21). The molecule has 6 nitrogen and oxygen atoms in total. The van der Waals surface area contributed by atoms with E-state index in [1.807, 2.05) is 0 Å². The first-order valence-corrected chi connectivity index (χ1v) is 8.36. The van der Waals surface area contributed by atoms with E-state index in [1.54, 1.807) is 6.08 Å². The normalized spacial score (nSPS) is 15.9. The summed E-state index contributed by atoms with van der Waals surface area (Å²) >= 11 is 0. The molecule has 1 amide bonds. The molecule has 2 saturated carbocycles. The van der Waals surface area contributed by atoms with E-state index in [9.17, 15) is 14.4 Å². The van der Waals surface area contributed by atoms with Crippen molar-refractivity contribution in [3.63, 3.8) is 0 Å². The fourth-order valence-electron chi connectivity index (χ4n) is 2.90. The molecule has 2 aliphatic carbocycles. The number of allylic oxidation sites excluding steroid dienone is 1. The second kappa shape index (κ2) is 7.09. The summed E-state index contributed by atoms with van der Waals surface area (Å²) in [6.45, 7) is 0. The minimum Gasteiger partial charge on any atom is -0.465 e. The highest BCUT2D eigenvalue weighted by atomic mass is 16.5. The molecule has 2 aliphatic rings. The van der Waals surface area contributed by atoms with Gasteiger partial charge in [-0.15, -0.1) is 0 Å². The Balaban J connectivity index is 1.82. The number of anilines is 1. The van der Waals surface area contributed by atoms with Crippen LogP contribution < -0.4 is 5.32 Å². The van der Waals surface area contributed by atoms with Crippen molar-refractivity contribution in [1.29, 1.82) is 0 Å². The first kappa shape index (κ1) is 17.2. The van der Waals surface area contributed by atoms with E-state index in [0.717, 1.165) is 25.7 Å². The Morgan fingerprint density at radius 3 is 1.80 bits per heavy atom. The van der Waals surface area contributed by atoms with Gasteiger partial charge in [-0.2, -0.15) is 0 Å². The molecule has 1 aromatic rings. The highest BCUT2D eigenvalue weighted by Gasteiger charge is 2.36. The summed E-state index contributed by atoms with van der Waals surface area (Å²) in [4.78, 5) is 35.9. The fraction of sp³-hybridized carbons (Fsp3) is 0.421. The number of benzene rings is 1. The second-order valence-electron chi connectivity index (χ2n) is 6.46. The molecule has 0 aromatic heterocycles. The van der Waals surface area contributed by atoms with Crippen LogP contribution in [0.1, 0.15) is 46.4 Å².